The summed E-state index contributed by atoms with van der Waals surface area (Å²) in [4.78, 5) is 9.12. The van der Waals surface area contributed by atoms with Crippen molar-refractivity contribution < 1.29 is 4.74 Å². The zero-order valence-corrected chi connectivity index (χ0v) is 16.7. The fourth-order valence-corrected chi connectivity index (χ4v) is 3.91. The Hall–Kier alpha value is -2.00. The van der Waals surface area contributed by atoms with E-state index in [2.05, 4.69) is 53.3 Å². The lowest BCUT2D eigenvalue weighted by atomic mass is 9.78. The van der Waals surface area contributed by atoms with Crippen LogP contribution in [0.25, 0.3) is 11.4 Å². The lowest BCUT2D eigenvalue weighted by Gasteiger charge is -2.27. The maximum Gasteiger partial charge on any atom is 0.159 e. The van der Waals surface area contributed by atoms with E-state index in [9.17, 15) is 0 Å². The molecule has 0 amide bonds. The Balaban J connectivity index is 1.56. The second-order valence-electron chi connectivity index (χ2n) is 7.64. The summed E-state index contributed by atoms with van der Waals surface area (Å²) in [6.45, 7) is 2.93. The molecule has 0 N–H and O–H groups in total. The third-order valence-electron chi connectivity index (χ3n) is 5.61. The molecule has 1 aromatic heterocycles. The molecule has 0 bridgehead atoms. The fraction of sp³-hybridized carbons (Fsp3) is 0.500. The molecule has 0 spiro atoms. The van der Waals surface area contributed by atoms with E-state index in [0.717, 1.165) is 30.3 Å². The lowest BCUT2D eigenvalue weighted by molar-refractivity contribution is 0.233. The van der Waals surface area contributed by atoms with Crippen molar-refractivity contribution in [1.82, 2.24) is 9.97 Å². The maximum absolute atomic E-state index is 5.10. The van der Waals surface area contributed by atoms with Crippen LogP contribution in [0.4, 0.5) is 0 Å². The highest BCUT2D eigenvalue weighted by atomic mass is 16.5. The summed E-state index contributed by atoms with van der Waals surface area (Å²) < 4.78 is 5.10. The largest absolute Gasteiger partial charge is 0.381 e. The first-order valence-corrected chi connectivity index (χ1v) is 10.4. The number of nitrogens with zero attached hydrogens (tertiary/aromatic N) is 2. The SMILES string of the molecule is CCCCc1cnc(-c2ccc(C3CCC(C=CCOC)CC3)cc2)nc1. The van der Waals surface area contributed by atoms with Crippen molar-refractivity contribution in [2.45, 2.75) is 57.8 Å². The van der Waals surface area contributed by atoms with Crippen LogP contribution in [0.15, 0.2) is 48.8 Å². The van der Waals surface area contributed by atoms with Crippen molar-refractivity contribution in [3.05, 3.63) is 59.9 Å². The molecule has 2 aromatic rings. The molecule has 1 aliphatic carbocycles. The number of ether oxygens (including phenoxy) is 1. The molecule has 1 saturated carbocycles. The second-order valence-corrected chi connectivity index (χ2v) is 7.64. The summed E-state index contributed by atoms with van der Waals surface area (Å²) in [7, 11) is 1.75. The smallest absolute Gasteiger partial charge is 0.159 e. The van der Waals surface area contributed by atoms with Crippen molar-refractivity contribution in [2.24, 2.45) is 5.92 Å². The number of allylic oxidation sites excluding steroid dienone is 1. The first-order valence-electron chi connectivity index (χ1n) is 10.4. The first-order chi connectivity index (χ1) is 13.3. The van der Waals surface area contributed by atoms with Crippen LogP contribution < -0.4 is 0 Å². The molecule has 3 nitrogen and oxygen atoms in total. The van der Waals surface area contributed by atoms with E-state index in [1.807, 2.05) is 12.4 Å². The zero-order valence-electron chi connectivity index (χ0n) is 16.7. The molecule has 144 valence electrons. The van der Waals surface area contributed by atoms with Crippen LogP contribution in [-0.2, 0) is 11.2 Å². The topological polar surface area (TPSA) is 35.0 Å². The van der Waals surface area contributed by atoms with Gasteiger partial charge in [0.2, 0.25) is 0 Å². The Morgan fingerprint density at radius 3 is 2.37 bits per heavy atom. The first kappa shape index (κ1) is 19.8. The fourth-order valence-electron chi connectivity index (χ4n) is 3.91. The molecule has 3 rings (SSSR count). The standard InChI is InChI=1S/C24H32N2O/c1-3-4-6-20-17-25-24(26-18-20)23-14-12-22(13-15-23)21-10-8-19(9-11-21)7-5-16-27-2/h5,7,12-15,17-19,21H,3-4,6,8-11,16H2,1-2H3. The Kier molecular flexibility index (Phi) is 7.58. The molecule has 1 aromatic carbocycles. The summed E-state index contributed by atoms with van der Waals surface area (Å²) in [6, 6.07) is 8.91. The van der Waals surface area contributed by atoms with Gasteiger partial charge in [-0.25, -0.2) is 9.97 Å². The van der Waals surface area contributed by atoms with Crippen LogP contribution >= 0.6 is 0 Å². The molecule has 1 aliphatic rings. The van der Waals surface area contributed by atoms with Crippen molar-refractivity contribution >= 4 is 0 Å². The van der Waals surface area contributed by atoms with Gasteiger partial charge in [-0.3, -0.25) is 0 Å². The predicted molar refractivity (Wildman–Crippen MR) is 112 cm³/mol. The number of hydrogen-bond acceptors (Lipinski definition) is 3. The summed E-state index contributed by atoms with van der Waals surface area (Å²) in [5.41, 5.74) is 3.79. The van der Waals surface area contributed by atoms with Crippen LogP contribution in [-0.4, -0.2) is 23.7 Å². The minimum atomic E-state index is 0.684. The van der Waals surface area contributed by atoms with Crippen molar-refractivity contribution in [1.29, 1.82) is 0 Å². The van der Waals surface area contributed by atoms with E-state index in [1.54, 1.807) is 7.11 Å². The Morgan fingerprint density at radius 2 is 1.74 bits per heavy atom. The van der Waals surface area contributed by atoms with Crippen molar-refractivity contribution in [3.8, 4) is 11.4 Å². The molecule has 0 saturated heterocycles. The van der Waals surface area contributed by atoms with Gasteiger partial charge in [0.1, 0.15) is 0 Å². The van der Waals surface area contributed by atoms with Gasteiger partial charge in [-0.05, 0) is 61.5 Å². The summed E-state index contributed by atoms with van der Waals surface area (Å²) in [6.07, 6.45) is 17.0. The van der Waals surface area contributed by atoms with Crippen LogP contribution in [0.5, 0.6) is 0 Å². The van der Waals surface area contributed by atoms with Gasteiger partial charge in [-0.15, -0.1) is 0 Å². The summed E-state index contributed by atoms with van der Waals surface area (Å²) in [5, 5.41) is 0. The Morgan fingerprint density at radius 1 is 1.04 bits per heavy atom. The number of benzene rings is 1. The number of methoxy groups -OCH3 is 1. The van der Waals surface area contributed by atoms with Gasteiger partial charge < -0.3 is 4.74 Å². The van der Waals surface area contributed by atoms with Gasteiger partial charge in [0.05, 0.1) is 6.61 Å². The highest BCUT2D eigenvalue weighted by molar-refractivity contribution is 5.55. The van der Waals surface area contributed by atoms with E-state index in [1.165, 1.54) is 49.7 Å². The van der Waals surface area contributed by atoms with Crippen LogP contribution in [0.2, 0.25) is 0 Å². The van der Waals surface area contributed by atoms with E-state index >= 15 is 0 Å². The maximum atomic E-state index is 5.10. The quantitative estimate of drug-likeness (QED) is 0.542. The second kappa shape index (κ2) is 10.4. The molecule has 0 radical (unpaired) electrons. The van der Waals surface area contributed by atoms with Crippen LogP contribution in [0.3, 0.4) is 0 Å². The Bertz CT molecular complexity index is 698. The highest BCUT2D eigenvalue weighted by Crippen LogP contribution is 2.36. The third-order valence-corrected chi connectivity index (χ3v) is 5.61. The number of aryl methyl sites for hydroxylation is 1. The van der Waals surface area contributed by atoms with Gasteiger partial charge in [0, 0.05) is 25.1 Å². The van der Waals surface area contributed by atoms with E-state index in [4.69, 9.17) is 4.74 Å². The van der Waals surface area contributed by atoms with Gasteiger partial charge in [0.15, 0.2) is 5.82 Å². The number of unbranched alkanes of at least 4 members (excludes halogenated alkanes) is 1. The van der Waals surface area contributed by atoms with Gasteiger partial charge in [-0.2, -0.15) is 0 Å². The number of aromatic nitrogens is 2. The van der Waals surface area contributed by atoms with E-state index in [-0.39, 0.29) is 0 Å². The molecule has 1 heterocycles. The van der Waals surface area contributed by atoms with Crippen molar-refractivity contribution in [2.75, 3.05) is 13.7 Å². The summed E-state index contributed by atoms with van der Waals surface area (Å²) >= 11 is 0. The average Bonchev–Trinajstić information content (AvgIpc) is 2.73. The van der Waals surface area contributed by atoms with E-state index < -0.39 is 0 Å². The Labute approximate surface area is 163 Å². The summed E-state index contributed by atoms with van der Waals surface area (Å²) in [5.74, 6) is 2.23. The predicted octanol–water partition coefficient (Wildman–Crippen LogP) is 5.96. The molecular weight excluding hydrogens is 332 g/mol. The molecule has 27 heavy (non-hydrogen) atoms. The molecule has 0 atom stereocenters. The van der Waals surface area contributed by atoms with Gasteiger partial charge >= 0.3 is 0 Å². The van der Waals surface area contributed by atoms with Crippen LogP contribution in [0.1, 0.15) is 62.5 Å². The number of rotatable bonds is 8. The zero-order chi connectivity index (χ0) is 18.9. The average molecular weight is 365 g/mol. The van der Waals surface area contributed by atoms with Gasteiger partial charge in [0.25, 0.3) is 0 Å². The van der Waals surface area contributed by atoms with E-state index in [0.29, 0.717) is 5.92 Å². The molecule has 3 heteroatoms. The van der Waals surface area contributed by atoms with Gasteiger partial charge in [-0.1, -0.05) is 49.8 Å². The monoisotopic (exact) mass is 364 g/mol. The minimum Gasteiger partial charge on any atom is -0.381 e. The minimum absolute atomic E-state index is 0.684. The number of hydrogen-bond donors (Lipinski definition) is 0. The molecule has 1 fully saturated rings. The normalized spacial score (nSPS) is 20.2. The lowest BCUT2D eigenvalue weighted by Crippen LogP contribution is -2.11. The van der Waals surface area contributed by atoms with Crippen molar-refractivity contribution in [3.63, 3.8) is 0 Å². The van der Waals surface area contributed by atoms with Crippen LogP contribution in [0, 0.1) is 5.92 Å². The highest BCUT2D eigenvalue weighted by Gasteiger charge is 2.20. The molecule has 0 aliphatic heterocycles. The third kappa shape index (κ3) is 5.74. The molecular formula is C24H32N2O. The molecule has 0 unspecified atom stereocenters.